The van der Waals surface area contributed by atoms with Crippen LogP contribution in [-0.2, 0) is 22.2 Å². The van der Waals surface area contributed by atoms with Gasteiger partial charge in [-0.2, -0.15) is 13.2 Å². The highest BCUT2D eigenvalue weighted by Crippen LogP contribution is 2.31. The minimum atomic E-state index is -4.41. The van der Waals surface area contributed by atoms with Crippen LogP contribution in [0.2, 0.25) is 0 Å². The Bertz CT molecular complexity index is 962. The summed E-state index contributed by atoms with van der Waals surface area (Å²) in [6.45, 7) is 6.92. The van der Waals surface area contributed by atoms with Crippen LogP contribution >= 0.6 is 0 Å². The summed E-state index contributed by atoms with van der Waals surface area (Å²) < 4.78 is 38.4. The van der Waals surface area contributed by atoms with E-state index in [1.807, 2.05) is 13.8 Å². The van der Waals surface area contributed by atoms with Gasteiger partial charge in [0, 0.05) is 12.0 Å². The first kappa shape index (κ1) is 21.6. The number of H-pyrrole nitrogens is 1. The molecule has 1 N–H and O–H groups in total. The van der Waals surface area contributed by atoms with E-state index >= 15 is 0 Å². The number of carbonyl (C=O) groups excluding carboxylic acids is 2. The van der Waals surface area contributed by atoms with E-state index in [0.717, 1.165) is 17.7 Å². The lowest BCUT2D eigenvalue weighted by atomic mass is 9.94. The summed E-state index contributed by atoms with van der Waals surface area (Å²) in [7, 11) is 0. The third-order valence-electron chi connectivity index (χ3n) is 4.69. The molecule has 2 rings (SSSR count). The van der Waals surface area contributed by atoms with Crippen molar-refractivity contribution in [3.05, 3.63) is 51.9 Å². The maximum absolute atomic E-state index is 12.8. The first-order valence-corrected chi connectivity index (χ1v) is 8.94. The second-order valence-electron chi connectivity index (χ2n) is 7.00. The van der Waals surface area contributed by atoms with Crippen LogP contribution in [0.5, 0.6) is 0 Å². The van der Waals surface area contributed by atoms with Crippen molar-refractivity contribution in [3.8, 4) is 0 Å². The first-order chi connectivity index (χ1) is 13.0. The molecule has 2 aromatic rings. The number of nitrogens with one attached hydrogen (secondary N) is 1. The van der Waals surface area contributed by atoms with Gasteiger partial charge in [-0.05, 0) is 69.9 Å². The minimum absolute atomic E-state index is 0.149. The van der Waals surface area contributed by atoms with Crippen molar-refractivity contribution in [1.29, 1.82) is 0 Å². The van der Waals surface area contributed by atoms with Crippen molar-refractivity contribution in [3.63, 3.8) is 0 Å². The SMILES string of the molecule is CC(C)=C(CCCc1nc2cc(C(F)(F)F)ccc2[nH]1)C(=O)/C(C)=C(/C)C=O. The number of carbonyl (C=O) groups is 2. The Kier molecular flexibility index (Phi) is 6.59. The molecule has 7 heteroatoms. The molecule has 0 spiro atoms. The van der Waals surface area contributed by atoms with Crippen LogP contribution in [0.4, 0.5) is 13.2 Å². The maximum atomic E-state index is 12.8. The third-order valence-corrected chi connectivity index (χ3v) is 4.69. The molecule has 150 valence electrons. The van der Waals surface area contributed by atoms with Gasteiger partial charge in [-0.1, -0.05) is 5.57 Å². The van der Waals surface area contributed by atoms with E-state index in [0.29, 0.717) is 53.6 Å². The highest BCUT2D eigenvalue weighted by Gasteiger charge is 2.30. The molecule has 0 saturated carbocycles. The number of aromatic nitrogens is 2. The number of hydrogen-bond acceptors (Lipinski definition) is 3. The summed E-state index contributed by atoms with van der Waals surface area (Å²) in [5, 5.41) is 0. The number of fused-ring (bicyclic) bond motifs is 1. The number of Topliss-reactive ketones (excluding diaryl/α,β-unsaturated/α-hetero) is 1. The molecule has 0 amide bonds. The van der Waals surface area contributed by atoms with Gasteiger partial charge in [0.15, 0.2) is 5.78 Å². The molecule has 1 aromatic carbocycles. The molecule has 1 aromatic heterocycles. The van der Waals surface area contributed by atoms with Crippen molar-refractivity contribution >= 4 is 23.1 Å². The predicted molar refractivity (Wildman–Crippen MR) is 102 cm³/mol. The second-order valence-corrected chi connectivity index (χ2v) is 7.00. The van der Waals surface area contributed by atoms with E-state index in [4.69, 9.17) is 0 Å². The van der Waals surface area contributed by atoms with Crippen LogP contribution in [0.3, 0.4) is 0 Å². The number of hydrogen-bond donors (Lipinski definition) is 1. The number of nitrogens with zero attached hydrogens (tertiary/aromatic N) is 1. The Morgan fingerprint density at radius 3 is 2.43 bits per heavy atom. The maximum Gasteiger partial charge on any atom is 0.416 e. The summed E-state index contributed by atoms with van der Waals surface area (Å²) in [5.41, 5.74) is 2.43. The van der Waals surface area contributed by atoms with Gasteiger partial charge >= 0.3 is 6.18 Å². The zero-order chi connectivity index (χ0) is 21.1. The van der Waals surface area contributed by atoms with Crippen LogP contribution in [0.15, 0.2) is 40.5 Å². The lowest BCUT2D eigenvalue weighted by Gasteiger charge is -2.10. The molecule has 0 aliphatic heterocycles. The van der Waals surface area contributed by atoms with E-state index in [9.17, 15) is 22.8 Å². The van der Waals surface area contributed by atoms with Crippen molar-refractivity contribution < 1.29 is 22.8 Å². The molecule has 1 heterocycles. The number of aldehydes is 1. The Balaban J connectivity index is 2.12. The molecule has 0 atom stereocenters. The predicted octanol–water partition coefficient (Wildman–Crippen LogP) is 5.35. The topological polar surface area (TPSA) is 62.8 Å². The quantitative estimate of drug-likeness (QED) is 0.511. The monoisotopic (exact) mass is 392 g/mol. The lowest BCUT2D eigenvalue weighted by molar-refractivity contribution is -0.137. The Hall–Kier alpha value is -2.70. The largest absolute Gasteiger partial charge is 0.416 e. The van der Waals surface area contributed by atoms with Crippen molar-refractivity contribution in [1.82, 2.24) is 9.97 Å². The fourth-order valence-corrected chi connectivity index (χ4v) is 2.87. The molecule has 0 fully saturated rings. The number of allylic oxidation sites excluding steroid dienone is 4. The second kappa shape index (κ2) is 8.54. The fraction of sp³-hybridized carbons (Fsp3) is 0.381. The molecule has 0 aliphatic rings. The van der Waals surface area contributed by atoms with Gasteiger partial charge in [-0.25, -0.2) is 4.98 Å². The number of ketones is 1. The first-order valence-electron chi connectivity index (χ1n) is 8.94. The van der Waals surface area contributed by atoms with Gasteiger partial charge in [0.2, 0.25) is 0 Å². The molecule has 0 radical (unpaired) electrons. The highest BCUT2D eigenvalue weighted by molar-refractivity contribution is 6.10. The van der Waals surface area contributed by atoms with Crippen molar-refractivity contribution in [2.24, 2.45) is 0 Å². The van der Waals surface area contributed by atoms with Crippen molar-refractivity contribution in [2.45, 2.75) is 53.1 Å². The Labute approximate surface area is 161 Å². The summed E-state index contributed by atoms with van der Waals surface area (Å²) in [4.78, 5) is 30.8. The molecular weight excluding hydrogens is 369 g/mol. The average Bonchev–Trinajstić information content (AvgIpc) is 3.04. The molecule has 28 heavy (non-hydrogen) atoms. The summed E-state index contributed by atoms with van der Waals surface area (Å²) in [6.07, 6.45) is -2.15. The van der Waals surface area contributed by atoms with Crippen LogP contribution in [-0.4, -0.2) is 22.0 Å². The van der Waals surface area contributed by atoms with E-state index < -0.39 is 11.7 Å². The summed E-state index contributed by atoms with van der Waals surface area (Å²) in [6, 6.07) is 3.42. The normalized spacial score (nSPS) is 12.7. The van der Waals surface area contributed by atoms with Crippen molar-refractivity contribution in [2.75, 3.05) is 0 Å². The molecule has 0 aliphatic carbocycles. The minimum Gasteiger partial charge on any atom is -0.342 e. The van der Waals surface area contributed by atoms with Crippen LogP contribution in [0, 0.1) is 0 Å². The van der Waals surface area contributed by atoms with E-state index in [1.165, 1.54) is 6.07 Å². The molecule has 0 bridgehead atoms. The van der Waals surface area contributed by atoms with Crippen LogP contribution in [0.1, 0.15) is 51.9 Å². The number of imidazole rings is 1. The highest BCUT2D eigenvalue weighted by atomic mass is 19.4. The van der Waals surface area contributed by atoms with Gasteiger partial charge in [-0.15, -0.1) is 0 Å². The van der Waals surface area contributed by atoms with Gasteiger partial charge in [-0.3, -0.25) is 9.59 Å². The number of benzene rings is 1. The average molecular weight is 392 g/mol. The van der Waals surface area contributed by atoms with Crippen LogP contribution < -0.4 is 0 Å². The Morgan fingerprint density at radius 2 is 1.86 bits per heavy atom. The van der Waals surface area contributed by atoms with Gasteiger partial charge in [0.1, 0.15) is 12.1 Å². The number of aromatic amines is 1. The lowest BCUT2D eigenvalue weighted by Crippen LogP contribution is -2.09. The zero-order valence-corrected chi connectivity index (χ0v) is 16.3. The Morgan fingerprint density at radius 1 is 1.18 bits per heavy atom. The van der Waals surface area contributed by atoms with E-state index in [-0.39, 0.29) is 11.3 Å². The van der Waals surface area contributed by atoms with Gasteiger partial charge in [0.05, 0.1) is 16.6 Å². The van der Waals surface area contributed by atoms with Gasteiger partial charge < -0.3 is 4.98 Å². The molecule has 0 unspecified atom stereocenters. The third kappa shape index (κ3) is 4.97. The number of aryl methyl sites for hydroxylation is 1. The van der Waals surface area contributed by atoms with Gasteiger partial charge in [0.25, 0.3) is 0 Å². The summed E-state index contributed by atoms with van der Waals surface area (Å²) >= 11 is 0. The number of halogens is 3. The number of alkyl halides is 3. The van der Waals surface area contributed by atoms with E-state index in [1.54, 1.807) is 13.8 Å². The summed E-state index contributed by atoms with van der Waals surface area (Å²) in [5.74, 6) is 0.426. The zero-order valence-electron chi connectivity index (χ0n) is 16.3. The molecular formula is C21H23F3N2O2. The number of rotatable bonds is 7. The van der Waals surface area contributed by atoms with Crippen LogP contribution in [0.25, 0.3) is 11.0 Å². The van der Waals surface area contributed by atoms with E-state index in [2.05, 4.69) is 9.97 Å². The smallest absolute Gasteiger partial charge is 0.342 e. The standard InChI is InChI=1S/C21H23F3N2O2/c1-12(2)16(20(28)14(4)13(3)11-27)6-5-7-19-25-17-9-8-15(21(22,23)24)10-18(17)26-19/h8-11H,5-7H2,1-4H3,(H,25,26)/b14-13-. The fourth-order valence-electron chi connectivity index (χ4n) is 2.87. The molecule has 0 saturated heterocycles. The molecule has 4 nitrogen and oxygen atoms in total.